The van der Waals surface area contributed by atoms with Gasteiger partial charge in [0, 0.05) is 38.6 Å². The summed E-state index contributed by atoms with van der Waals surface area (Å²) >= 11 is 5.06. The molecule has 0 bridgehead atoms. The summed E-state index contributed by atoms with van der Waals surface area (Å²) in [7, 11) is 3.70. The molecule has 1 aromatic rings. The Morgan fingerprint density at radius 2 is 2.00 bits per heavy atom. The van der Waals surface area contributed by atoms with Gasteiger partial charge in [-0.15, -0.1) is 0 Å². The minimum absolute atomic E-state index is 0.429. The molecular weight excluding hydrogens is 260 g/mol. The molecule has 4 nitrogen and oxygen atoms in total. The summed E-state index contributed by atoms with van der Waals surface area (Å²) in [6, 6.07) is 7.91. The lowest BCUT2D eigenvalue weighted by Gasteiger charge is -2.22. The maximum absolute atomic E-state index is 5.73. The monoisotopic (exact) mass is 282 g/mol. The summed E-state index contributed by atoms with van der Waals surface area (Å²) in [5.74, 6) is 0. The van der Waals surface area contributed by atoms with E-state index in [0.717, 1.165) is 30.8 Å². The quantitative estimate of drug-likeness (QED) is 0.553. The van der Waals surface area contributed by atoms with Crippen LogP contribution in [0.25, 0.3) is 0 Å². The molecule has 0 spiro atoms. The first-order valence-corrected chi connectivity index (χ1v) is 6.74. The van der Waals surface area contributed by atoms with Crippen molar-refractivity contribution in [3.8, 4) is 0 Å². The van der Waals surface area contributed by atoms with Gasteiger partial charge < -0.3 is 20.1 Å². The molecule has 0 aliphatic heterocycles. The van der Waals surface area contributed by atoms with Gasteiger partial charge in [-0.05, 0) is 18.6 Å². The molecule has 0 heterocycles. The topological polar surface area (TPSA) is 47.7 Å². The molecular formula is C14H22N2O2S. The Labute approximate surface area is 120 Å². The van der Waals surface area contributed by atoms with Gasteiger partial charge in [-0.1, -0.05) is 24.4 Å². The van der Waals surface area contributed by atoms with Gasteiger partial charge in [0.15, 0.2) is 0 Å². The van der Waals surface area contributed by atoms with Crippen LogP contribution in [0.2, 0.25) is 0 Å². The number of para-hydroxylation sites is 1. The molecule has 5 heteroatoms. The average molecular weight is 282 g/mol. The summed E-state index contributed by atoms with van der Waals surface area (Å²) in [6.45, 7) is 2.90. The molecule has 19 heavy (non-hydrogen) atoms. The van der Waals surface area contributed by atoms with Crippen molar-refractivity contribution in [1.82, 2.24) is 0 Å². The van der Waals surface area contributed by atoms with Crippen LogP contribution in [0.4, 0.5) is 5.69 Å². The zero-order valence-electron chi connectivity index (χ0n) is 11.6. The zero-order valence-corrected chi connectivity index (χ0v) is 12.4. The number of nitrogens with two attached hydrogens (primary N) is 1. The number of thiocarbonyl (C=S) groups is 1. The molecule has 0 atom stereocenters. The number of anilines is 1. The SMILES string of the molecule is COCCOCCCN(C)c1ccccc1C(N)=S. The summed E-state index contributed by atoms with van der Waals surface area (Å²) < 4.78 is 10.4. The Balaban J connectivity index is 2.41. The van der Waals surface area contributed by atoms with Crippen molar-refractivity contribution in [3.05, 3.63) is 29.8 Å². The fourth-order valence-corrected chi connectivity index (χ4v) is 1.96. The maximum Gasteiger partial charge on any atom is 0.106 e. The van der Waals surface area contributed by atoms with E-state index in [1.807, 2.05) is 31.3 Å². The molecule has 0 aromatic heterocycles. The summed E-state index contributed by atoms with van der Waals surface area (Å²) in [5.41, 5.74) is 7.71. The summed E-state index contributed by atoms with van der Waals surface area (Å²) in [5, 5.41) is 0. The van der Waals surface area contributed by atoms with Gasteiger partial charge >= 0.3 is 0 Å². The molecule has 0 saturated carbocycles. The number of rotatable bonds is 9. The second-order valence-electron chi connectivity index (χ2n) is 4.26. The third-order valence-corrected chi connectivity index (χ3v) is 3.01. The second-order valence-corrected chi connectivity index (χ2v) is 4.70. The van der Waals surface area contributed by atoms with Crippen molar-refractivity contribution in [2.75, 3.05) is 45.4 Å². The molecule has 106 valence electrons. The molecule has 1 rings (SSSR count). The number of benzene rings is 1. The first-order valence-electron chi connectivity index (χ1n) is 6.33. The lowest BCUT2D eigenvalue weighted by atomic mass is 10.1. The van der Waals surface area contributed by atoms with Gasteiger partial charge in [0.2, 0.25) is 0 Å². The predicted octanol–water partition coefficient (Wildman–Crippen LogP) is 1.81. The van der Waals surface area contributed by atoms with Gasteiger partial charge in [-0.2, -0.15) is 0 Å². The Morgan fingerprint density at radius 1 is 1.26 bits per heavy atom. The lowest BCUT2D eigenvalue weighted by molar-refractivity contribution is 0.0701. The fraction of sp³-hybridized carbons (Fsp3) is 0.500. The van der Waals surface area contributed by atoms with E-state index in [1.54, 1.807) is 7.11 Å². The Bertz CT molecular complexity index is 399. The minimum atomic E-state index is 0.429. The first kappa shape index (κ1) is 15.9. The number of nitrogens with zero attached hydrogens (tertiary/aromatic N) is 1. The van der Waals surface area contributed by atoms with E-state index in [0.29, 0.717) is 18.2 Å². The van der Waals surface area contributed by atoms with Gasteiger partial charge in [-0.3, -0.25) is 0 Å². The molecule has 0 amide bonds. The van der Waals surface area contributed by atoms with Crippen molar-refractivity contribution >= 4 is 22.9 Å². The fourth-order valence-electron chi connectivity index (χ4n) is 1.78. The molecule has 0 unspecified atom stereocenters. The molecule has 0 fully saturated rings. The van der Waals surface area contributed by atoms with Crippen molar-refractivity contribution < 1.29 is 9.47 Å². The van der Waals surface area contributed by atoms with Gasteiger partial charge in [0.05, 0.1) is 13.2 Å². The third-order valence-electron chi connectivity index (χ3n) is 2.79. The highest BCUT2D eigenvalue weighted by atomic mass is 32.1. The number of methoxy groups -OCH3 is 1. The van der Waals surface area contributed by atoms with Gasteiger partial charge in [0.1, 0.15) is 4.99 Å². The molecule has 1 aromatic carbocycles. The van der Waals surface area contributed by atoms with Crippen LogP contribution >= 0.6 is 12.2 Å². The molecule has 0 saturated heterocycles. The maximum atomic E-state index is 5.73. The Hall–Kier alpha value is -1.17. The van der Waals surface area contributed by atoms with E-state index in [9.17, 15) is 0 Å². The second kappa shape index (κ2) is 8.85. The standard InChI is InChI=1S/C14H22N2O2S/c1-16(8-5-9-18-11-10-17-2)13-7-4-3-6-12(13)14(15)19/h3-4,6-7H,5,8-11H2,1-2H3,(H2,15,19). The largest absolute Gasteiger partial charge is 0.389 e. The smallest absolute Gasteiger partial charge is 0.106 e. The van der Waals surface area contributed by atoms with E-state index in [4.69, 9.17) is 27.4 Å². The third kappa shape index (κ3) is 5.55. The van der Waals surface area contributed by atoms with Crippen LogP contribution in [0.15, 0.2) is 24.3 Å². The lowest BCUT2D eigenvalue weighted by Crippen LogP contribution is -2.23. The van der Waals surface area contributed by atoms with Crippen LogP contribution < -0.4 is 10.6 Å². The van der Waals surface area contributed by atoms with Crippen LogP contribution in [-0.4, -0.2) is 45.5 Å². The highest BCUT2D eigenvalue weighted by molar-refractivity contribution is 7.80. The average Bonchev–Trinajstić information content (AvgIpc) is 2.42. The van der Waals surface area contributed by atoms with Crippen molar-refractivity contribution in [1.29, 1.82) is 0 Å². The number of hydrogen-bond donors (Lipinski definition) is 1. The normalized spacial score (nSPS) is 10.4. The molecule has 0 aliphatic rings. The summed E-state index contributed by atoms with van der Waals surface area (Å²) in [6.07, 6.45) is 0.950. The van der Waals surface area contributed by atoms with E-state index in [1.165, 1.54) is 0 Å². The van der Waals surface area contributed by atoms with Crippen LogP contribution in [0.5, 0.6) is 0 Å². The highest BCUT2D eigenvalue weighted by Gasteiger charge is 2.08. The Kier molecular flexibility index (Phi) is 7.40. The van der Waals surface area contributed by atoms with Crippen LogP contribution in [0.3, 0.4) is 0 Å². The van der Waals surface area contributed by atoms with E-state index in [-0.39, 0.29) is 0 Å². The number of ether oxygens (including phenoxy) is 2. The minimum Gasteiger partial charge on any atom is -0.389 e. The van der Waals surface area contributed by atoms with Gasteiger partial charge in [-0.25, -0.2) is 0 Å². The molecule has 0 radical (unpaired) electrons. The van der Waals surface area contributed by atoms with Crippen LogP contribution in [0.1, 0.15) is 12.0 Å². The van der Waals surface area contributed by atoms with Crippen molar-refractivity contribution in [2.24, 2.45) is 5.73 Å². The number of hydrogen-bond acceptors (Lipinski definition) is 4. The Morgan fingerprint density at radius 3 is 2.68 bits per heavy atom. The first-order chi connectivity index (χ1) is 9.16. The van der Waals surface area contributed by atoms with Crippen LogP contribution in [0, 0.1) is 0 Å². The predicted molar refractivity (Wildman–Crippen MR) is 82.9 cm³/mol. The molecule has 0 aliphatic carbocycles. The zero-order chi connectivity index (χ0) is 14.1. The summed E-state index contributed by atoms with van der Waals surface area (Å²) in [4.78, 5) is 2.58. The van der Waals surface area contributed by atoms with E-state index in [2.05, 4.69) is 4.90 Å². The van der Waals surface area contributed by atoms with Crippen molar-refractivity contribution in [2.45, 2.75) is 6.42 Å². The van der Waals surface area contributed by atoms with Crippen LogP contribution in [-0.2, 0) is 9.47 Å². The highest BCUT2D eigenvalue weighted by Crippen LogP contribution is 2.19. The van der Waals surface area contributed by atoms with E-state index < -0.39 is 0 Å². The molecule has 2 N–H and O–H groups in total. The van der Waals surface area contributed by atoms with E-state index >= 15 is 0 Å². The van der Waals surface area contributed by atoms with Crippen molar-refractivity contribution in [3.63, 3.8) is 0 Å². The van der Waals surface area contributed by atoms with Gasteiger partial charge in [0.25, 0.3) is 0 Å².